The van der Waals surface area contributed by atoms with Gasteiger partial charge in [0.05, 0.1) is 13.2 Å². The lowest BCUT2D eigenvalue weighted by atomic mass is 10.1. The number of nitrogens with one attached hydrogen (secondary N) is 1. The third kappa shape index (κ3) is 7.13. The van der Waals surface area contributed by atoms with Crippen molar-refractivity contribution in [2.75, 3.05) is 20.3 Å². The van der Waals surface area contributed by atoms with E-state index in [1.165, 1.54) is 7.11 Å². The van der Waals surface area contributed by atoms with Gasteiger partial charge in [0, 0.05) is 24.0 Å². The molecule has 7 heteroatoms. The van der Waals surface area contributed by atoms with Gasteiger partial charge in [-0.1, -0.05) is 35.9 Å². The monoisotopic (exact) mass is 407 g/mol. The predicted molar refractivity (Wildman–Crippen MR) is 108 cm³/mol. The van der Waals surface area contributed by atoms with Crippen LogP contribution in [0.1, 0.15) is 24.2 Å². The second-order valence-corrected chi connectivity index (χ2v) is 7.01. The van der Waals surface area contributed by atoms with E-state index in [0.29, 0.717) is 23.9 Å². The van der Waals surface area contributed by atoms with Crippen LogP contribution in [0.25, 0.3) is 0 Å². The number of aliphatic hydroxyl groups is 2. The molecule has 0 bridgehead atoms. The molecule has 2 aromatic carbocycles. The molecule has 0 fully saturated rings. The molecule has 0 amide bonds. The summed E-state index contributed by atoms with van der Waals surface area (Å²) in [4.78, 5) is 11.2. The molecule has 2 rings (SSSR count). The van der Waals surface area contributed by atoms with Crippen LogP contribution in [0.3, 0.4) is 0 Å². The lowest BCUT2D eigenvalue weighted by Crippen LogP contribution is -2.34. The first-order valence-corrected chi connectivity index (χ1v) is 9.41. The van der Waals surface area contributed by atoms with Gasteiger partial charge in [0.25, 0.3) is 0 Å². The molecule has 0 radical (unpaired) electrons. The summed E-state index contributed by atoms with van der Waals surface area (Å²) in [5.41, 5.74) is 1.57. The molecule has 152 valence electrons. The second-order valence-electron chi connectivity index (χ2n) is 6.58. The third-order valence-electron chi connectivity index (χ3n) is 4.22. The minimum absolute atomic E-state index is 0.0228. The second kappa shape index (κ2) is 11.0. The molecule has 0 aliphatic heterocycles. The lowest BCUT2D eigenvalue weighted by Gasteiger charge is -2.18. The van der Waals surface area contributed by atoms with Crippen LogP contribution in [-0.2, 0) is 16.0 Å². The SMILES string of the molecule is COC(=O)C(O)Cc1ccc(OCC(C)NCC(O)c2cccc(Cl)c2)cc1. The Morgan fingerprint density at radius 1 is 1.18 bits per heavy atom. The Morgan fingerprint density at radius 2 is 1.89 bits per heavy atom. The number of methoxy groups -OCH3 is 1. The Labute approximate surface area is 170 Å². The van der Waals surface area contributed by atoms with Crippen molar-refractivity contribution in [2.45, 2.75) is 31.6 Å². The topological polar surface area (TPSA) is 88.0 Å². The van der Waals surface area contributed by atoms with Gasteiger partial charge < -0.3 is 25.0 Å². The molecule has 0 saturated heterocycles. The molecule has 28 heavy (non-hydrogen) atoms. The molecule has 0 spiro atoms. The minimum Gasteiger partial charge on any atom is -0.492 e. The van der Waals surface area contributed by atoms with Crippen molar-refractivity contribution >= 4 is 17.6 Å². The number of ether oxygens (including phenoxy) is 2. The molecule has 0 aliphatic rings. The van der Waals surface area contributed by atoms with E-state index in [2.05, 4.69) is 10.1 Å². The van der Waals surface area contributed by atoms with Crippen molar-refractivity contribution in [3.63, 3.8) is 0 Å². The normalized spacial score (nSPS) is 14.2. The van der Waals surface area contributed by atoms with Crippen LogP contribution >= 0.6 is 11.6 Å². The van der Waals surface area contributed by atoms with Gasteiger partial charge in [0.1, 0.15) is 12.4 Å². The smallest absolute Gasteiger partial charge is 0.335 e. The summed E-state index contributed by atoms with van der Waals surface area (Å²) in [6.45, 7) is 2.77. The van der Waals surface area contributed by atoms with Gasteiger partial charge in [-0.05, 0) is 42.3 Å². The fourth-order valence-electron chi connectivity index (χ4n) is 2.59. The van der Waals surface area contributed by atoms with Gasteiger partial charge in [-0.15, -0.1) is 0 Å². The number of benzene rings is 2. The quantitative estimate of drug-likeness (QED) is 0.524. The van der Waals surface area contributed by atoms with Crippen molar-refractivity contribution in [1.29, 1.82) is 0 Å². The molecule has 0 heterocycles. The summed E-state index contributed by atoms with van der Waals surface area (Å²) >= 11 is 5.94. The van der Waals surface area contributed by atoms with E-state index < -0.39 is 18.2 Å². The standard InChI is InChI=1S/C21H26ClNO5/c1-14(23-12-20(25)16-4-3-5-17(22)11-16)13-28-18-8-6-15(7-9-18)10-19(24)21(26)27-2/h3-9,11,14,19-20,23-25H,10,12-13H2,1-2H3. The molecule has 0 aromatic heterocycles. The number of carbonyl (C=O) groups is 1. The Balaban J connectivity index is 1.74. The highest BCUT2D eigenvalue weighted by Gasteiger charge is 2.16. The van der Waals surface area contributed by atoms with E-state index in [4.69, 9.17) is 16.3 Å². The number of aliphatic hydroxyl groups excluding tert-OH is 2. The maximum atomic E-state index is 11.2. The van der Waals surface area contributed by atoms with Crippen LogP contribution in [0, 0.1) is 0 Å². The summed E-state index contributed by atoms with van der Waals surface area (Å²) < 4.78 is 10.2. The average molecular weight is 408 g/mol. The number of hydrogen-bond acceptors (Lipinski definition) is 6. The minimum atomic E-state index is -1.17. The van der Waals surface area contributed by atoms with E-state index in [-0.39, 0.29) is 12.5 Å². The summed E-state index contributed by atoms with van der Waals surface area (Å²) in [6.07, 6.45) is -1.64. The Hall–Kier alpha value is -2.12. The van der Waals surface area contributed by atoms with Crippen LogP contribution in [0.15, 0.2) is 48.5 Å². The predicted octanol–water partition coefficient (Wildman–Crippen LogP) is 2.51. The highest BCUT2D eigenvalue weighted by molar-refractivity contribution is 6.30. The Morgan fingerprint density at radius 3 is 2.54 bits per heavy atom. The first kappa shape index (κ1) is 22.2. The average Bonchev–Trinajstić information content (AvgIpc) is 2.70. The van der Waals surface area contributed by atoms with E-state index in [0.717, 1.165) is 11.1 Å². The van der Waals surface area contributed by atoms with Crippen molar-refractivity contribution in [3.05, 3.63) is 64.7 Å². The van der Waals surface area contributed by atoms with Gasteiger partial charge in [0.15, 0.2) is 6.10 Å². The van der Waals surface area contributed by atoms with Crippen molar-refractivity contribution < 1.29 is 24.5 Å². The van der Waals surface area contributed by atoms with Crippen LogP contribution in [-0.4, -0.2) is 48.6 Å². The molecule has 2 aromatic rings. The highest BCUT2D eigenvalue weighted by atomic mass is 35.5. The van der Waals surface area contributed by atoms with Crippen molar-refractivity contribution in [2.24, 2.45) is 0 Å². The Bertz CT molecular complexity index is 753. The van der Waals surface area contributed by atoms with E-state index >= 15 is 0 Å². The van der Waals surface area contributed by atoms with Crippen LogP contribution in [0.2, 0.25) is 5.02 Å². The van der Waals surface area contributed by atoms with Gasteiger partial charge in [-0.3, -0.25) is 0 Å². The van der Waals surface area contributed by atoms with E-state index in [1.54, 1.807) is 42.5 Å². The first-order valence-electron chi connectivity index (χ1n) is 9.03. The molecule has 6 nitrogen and oxygen atoms in total. The number of carbonyl (C=O) groups excluding carboxylic acids is 1. The molecule has 3 N–H and O–H groups in total. The number of hydrogen-bond donors (Lipinski definition) is 3. The number of rotatable bonds is 10. The molecular formula is C21H26ClNO5. The Kier molecular flexibility index (Phi) is 8.73. The maximum Gasteiger partial charge on any atom is 0.335 e. The van der Waals surface area contributed by atoms with Gasteiger partial charge in [0.2, 0.25) is 0 Å². The van der Waals surface area contributed by atoms with Crippen molar-refractivity contribution in [1.82, 2.24) is 5.32 Å². The number of esters is 1. The lowest BCUT2D eigenvalue weighted by molar-refractivity contribution is -0.150. The molecule has 0 aliphatic carbocycles. The largest absolute Gasteiger partial charge is 0.492 e. The highest BCUT2D eigenvalue weighted by Crippen LogP contribution is 2.17. The van der Waals surface area contributed by atoms with Gasteiger partial charge in [-0.25, -0.2) is 4.79 Å². The fourth-order valence-corrected chi connectivity index (χ4v) is 2.79. The first-order chi connectivity index (χ1) is 13.4. The molecular weight excluding hydrogens is 382 g/mol. The van der Waals surface area contributed by atoms with Crippen molar-refractivity contribution in [3.8, 4) is 5.75 Å². The summed E-state index contributed by atoms with van der Waals surface area (Å²) in [5.74, 6) is 0.0283. The summed E-state index contributed by atoms with van der Waals surface area (Å²) in [7, 11) is 1.24. The fraction of sp³-hybridized carbons (Fsp3) is 0.381. The molecule has 0 saturated carbocycles. The number of halogens is 1. The van der Waals surface area contributed by atoms with E-state index in [1.807, 2.05) is 13.0 Å². The van der Waals surface area contributed by atoms with Gasteiger partial charge in [-0.2, -0.15) is 0 Å². The van der Waals surface area contributed by atoms with Crippen LogP contribution in [0.4, 0.5) is 0 Å². The van der Waals surface area contributed by atoms with Gasteiger partial charge >= 0.3 is 5.97 Å². The molecule has 3 unspecified atom stereocenters. The maximum absolute atomic E-state index is 11.2. The zero-order valence-corrected chi connectivity index (χ0v) is 16.7. The third-order valence-corrected chi connectivity index (χ3v) is 4.45. The molecule has 3 atom stereocenters. The summed E-state index contributed by atoms with van der Waals surface area (Å²) in [5, 5.41) is 23.7. The van der Waals surface area contributed by atoms with Crippen LogP contribution < -0.4 is 10.1 Å². The summed E-state index contributed by atoms with van der Waals surface area (Å²) in [6, 6.07) is 14.3. The van der Waals surface area contributed by atoms with Crippen LogP contribution in [0.5, 0.6) is 5.75 Å². The zero-order chi connectivity index (χ0) is 20.5. The van der Waals surface area contributed by atoms with E-state index in [9.17, 15) is 15.0 Å². The zero-order valence-electron chi connectivity index (χ0n) is 16.0.